The summed E-state index contributed by atoms with van der Waals surface area (Å²) in [6.07, 6.45) is 4.00. The van der Waals surface area contributed by atoms with E-state index in [0.29, 0.717) is 0 Å². The highest BCUT2D eigenvalue weighted by Crippen LogP contribution is 1.68. The molecule has 0 atom stereocenters. The van der Waals surface area contributed by atoms with Crippen LogP contribution < -0.4 is 10.6 Å². The molecule has 0 aromatic carbocycles. The molecule has 0 bridgehead atoms. The third kappa shape index (κ3) is 3.60. The summed E-state index contributed by atoms with van der Waals surface area (Å²) < 4.78 is 0. The zero-order valence-corrected chi connectivity index (χ0v) is 4.39. The fourth-order valence-corrected chi connectivity index (χ4v) is 0.429. The third-order valence-electron chi connectivity index (χ3n) is 0.725. The average Bonchev–Trinajstić information content (AvgIpc) is 1.72. The molecule has 8 heavy (non-hydrogen) atoms. The van der Waals surface area contributed by atoms with Crippen LogP contribution in [0, 0.1) is 0 Å². The van der Waals surface area contributed by atoms with Crippen molar-refractivity contribution in [3.63, 3.8) is 0 Å². The van der Waals surface area contributed by atoms with Gasteiger partial charge in [0, 0.05) is 17.5 Å². The Morgan fingerprint density at radius 1 is 1.25 bits per heavy atom. The zero-order valence-electron chi connectivity index (χ0n) is 4.39. The van der Waals surface area contributed by atoms with E-state index in [-0.39, 0.29) is 11.0 Å². The lowest BCUT2D eigenvalue weighted by atomic mass is 10.5. The van der Waals surface area contributed by atoms with E-state index in [1.165, 1.54) is 0 Å². The minimum absolute atomic E-state index is 0. The molecule has 0 unspecified atom stereocenters. The quantitative estimate of drug-likeness (QED) is 0.443. The van der Waals surface area contributed by atoms with Crippen molar-refractivity contribution in [2.75, 3.05) is 13.2 Å². The van der Waals surface area contributed by atoms with Crippen LogP contribution in [0.2, 0.25) is 0 Å². The van der Waals surface area contributed by atoms with Gasteiger partial charge in [-0.3, -0.25) is 5.32 Å². The van der Waals surface area contributed by atoms with Crippen LogP contribution in [0.25, 0.3) is 0 Å². The van der Waals surface area contributed by atoms with E-state index >= 15 is 0 Å². The molecule has 1 rings (SSSR count). The Kier molecular flexibility index (Phi) is 8.35. The fourth-order valence-electron chi connectivity index (χ4n) is 0.429. The van der Waals surface area contributed by atoms with Crippen molar-refractivity contribution in [1.29, 1.82) is 0 Å². The first-order chi connectivity index (χ1) is 3.00. The Morgan fingerprint density at radius 3 is 2.12 bits per heavy atom. The SMILES string of the molecule is C1=CNCNC1.[O].[O]. The van der Waals surface area contributed by atoms with Crippen LogP contribution in [0.1, 0.15) is 0 Å². The van der Waals surface area contributed by atoms with Crippen LogP contribution in [0.3, 0.4) is 0 Å². The summed E-state index contributed by atoms with van der Waals surface area (Å²) in [5, 5.41) is 6.08. The second-order valence-corrected chi connectivity index (χ2v) is 1.24. The smallest absolute Gasteiger partial charge is 0.0650 e. The highest BCUT2D eigenvalue weighted by atomic mass is 16.0. The molecule has 4 heteroatoms. The van der Waals surface area contributed by atoms with Gasteiger partial charge in [-0.25, -0.2) is 0 Å². The van der Waals surface area contributed by atoms with Crippen molar-refractivity contribution in [1.82, 2.24) is 10.6 Å². The van der Waals surface area contributed by atoms with Crippen LogP contribution in [-0.4, -0.2) is 13.2 Å². The van der Waals surface area contributed by atoms with E-state index in [1.54, 1.807) is 0 Å². The molecular weight excluding hydrogens is 108 g/mol. The van der Waals surface area contributed by atoms with Gasteiger partial charge in [-0.05, 0) is 6.20 Å². The van der Waals surface area contributed by atoms with Gasteiger partial charge in [0.15, 0.2) is 0 Å². The van der Waals surface area contributed by atoms with Crippen LogP contribution in [-0.2, 0) is 11.0 Å². The van der Waals surface area contributed by atoms with Crippen LogP contribution in [0.15, 0.2) is 12.3 Å². The Hall–Kier alpha value is -0.580. The summed E-state index contributed by atoms with van der Waals surface area (Å²) in [4.78, 5) is 0. The van der Waals surface area contributed by atoms with Gasteiger partial charge in [-0.2, -0.15) is 0 Å². The van der Waals surface area contributed by atoms with Crippen molar-refractivity contribution < 1.29 is 11.0 Å². The first-order valence-electron chi connectivity index (χ1n) is 2.09. The minimum atomic E-state index is 0. The molecule has 0 saturated carbocycles. The number of hydrogen-bond acceptors (Lipinski definition) is 2. The summed E-state index contributed by atoms with van der Waals surface area (Å²) >= 11 is 0. The number of nitrogens with one attached hydrogen (secondary N) is 2. The normalized spacial score (nSPS) is 15.0. The molecule has 2 N–H and O–H groups in total. The predicted octanol–water partition coefficient (Wildman–Crippen LogP) is -0.587. The van der Waals surface area contributed by atoms with E-state index < -0.39 is 0 Å². The Balaban J connectivity index is 0. The number of hydrogen-bond donors (Lipinski definition) is 2. The Morgan fingerprint density at radius 2 is 2.00 bits per heavy atom. The first-order valence-corrected chi connectivity index (χ1v) is 2.09. The van der Waals surface area contributed by atoms with Gasteiger partial charge >= 0.3 is 0 Å². The van der Waals surface area contributed by atoms with Crippen molar-refractivity contribution >= 4 is 0 Å². The molecule has 1 aliphatic heterocycles. The van der Waals surface area contributed by atoms with E-state index in [0.717, 1.165) is 13.2 Å². The van der Waals surface area contributed by atoms with Crippen molar-refractivity contribution in [2.45, 2.75) is 0 Å². The van der Waals surface area contributed by atoms with E-state index in [2.05, 4.69) is 10.6 Å². The molecule has 0 saturated heterocycles. The highest BCUT2D eigenvalue weighted by molar-refractivity contribution is 4.84. The maximum absolute atomic E-state index is 3.09. The first kappa shape index (κ1) is 10.4. The minimum Gasteiger partial charge on any atom is -0.379 e. The molecule has 0 fully saturated rings. The summed E-state index contributed by atoms with van der Waals surface area (Å²) in [5.41, 5.74) is 0. The fraction of sp³-hybridized carbons (Fsp3) is 0.500. The molecular formula is C4H8N2O2. The molecule has 0 amide bonds. The van der Waals surface area contributed by atoms with Crippen molar-refractivity contribution in [2.24, 2.45) is 0 Å². The van der Waals surface area contributed by atoms with Gasteiger partial charge in [0.2, 0.25) is 0 Å². The largest absolute Gasteiger partial charge is 0.379 e. The van der Waals surface area contributed by atoms with Gasteiger partial charge < -0.3 is 5.32 Å². The summed E-state index contributed by atoms with van der Waals surface area (Å²) in [6.45, 7) is 1.92. The second-order valence-electron chi connectivity index (χ2n) is 1.24. The maximum Gasteiger partial charge on any atom is 0.0650 e. The maximum atomic E-state index is 3.09. The second kappa shape index (κ2) is 6.42. The Bertz CT molecular complexity index is 57.1. The van der Waals surface area contributed by atoms with Gasteiger partial charge in [-0.15, -0.1) is 0 Å². The lowest BCUT2D eigenvalue weighted by molar-refractivity contribution is 0.669. The Labute approximate surface area is 48.2 Å². The summed E-state index contributed by atoms with van der Waals surface area (Å²) in [5.74, 6) is 0. The molecule has 0 aliphatic carbocycles. The molecule has 46 valence electrons. The van der Waals surface area contributed by atoms with Gasteiger partial charge in [-0.1, -0.05) is 6.08 Å². The van der Waals surface area contributed by atoms with E-state index in [9.17, 15) is 0 Å². The number of rotatable bonds is 0. The molecule has 0 aromatic rings. The van der Waals surface area contributed by atoms with Gasteiger partial charge in [0.25, 0.3) is 0 Å². The average molecular weight is 116 g/mol. The van der Waals surface area contributed by atoms with E-state index in [4.69, 9.17) is 0 Å². The van der Waals surface area contributed by atoms with E-state index in [1.807, 2.05) is 12.3 Å². The predicted molar refractivity (Wildman–Crippen MR) is 26.5 cm³/mol. The van der Waals surface area contributed by atoms with Gasteiger partial charge in [0.05, 0.1) is 6.67 Å². The van der Waals surface area contributed by atoms with Crippen LogP contribution in [0.5, 0.6) is 0 Å². The lowest BCUT2D eigenvalue weighted by Crippen LogP contribution is -2.29. The van der Waals surface area contributed by atoms with Crippen LogP contribution in [0.4, 0.5) is 0 Å². The lowest BCUT2D eigenvalue weighted by Gasteiger charge is -2.05. The third-order valence-corrected chi connectivity index (χ3v) is 0.725. The van der Waals surface area contributed by atoms with Crippen molar-refractivity contribution in [3.8, 4) is 0 Å². The molecule has 0 spiro atoms. The summed E-state index contributed by atoms with van der Waals surface area (Å²) in [6, 6.07) is 0. The molecule has 4 nitrogen and oxygen atoms in total. The highest BCUT2D eigenvalue weighted by Gasteiger charge is 1.81. The topological polar surface area (TPSA) is 81.1 Å². The molecule has 1 aliphatic rings. The summed E-state index contributed by atoms with van der Waals surface area (Å²) in [7, 11) is 0. The monoisotopic (exact) mass is 116 g/mol. The van der Waals surface area contributed by atoms with Crippen molar-refractivity contribution in [3.05, 3.63) is 12.3 Å². The van der Waals surface area contributed by atoms with Gasteiger partial charge in [0.1, 0.15) is 0 Å². The molecule has 0 aromatic heterocycles. The molecule has 1 heterocycles. The van der Waals surface area contributed by atoms with Crippen LogP contribution >= 0.6 is 0 Å². The standard InChI is InChI=1S/C4H8N2.2O/c1-2-5-4-6-3-1;;/h1-2,5-6H,3-4H2;;. The molecule has 4 radical (unpaired) electrons. The zero-order chi connectivity index (χ0) is 4.24.